The summed E-state index contributed by atoms with van der Waals surface area (Å²) >= 11 is 1.73. The van der Waals surface area contributed by atoms with Crippen molar-refractivity contribution in [3.05, 3.63) is 60.3 Å². The van der Waals surface area contributed by atoms with E-state index >= 15 is 0 Å². The van der Waals surface area contributed by atoms with Gasteiger partial charge in [-0.3, -0.25) is 4.57 Å². The zero-order chi connectivity index (χ0) is 18.9. The van der Waals surface area contributed by atoms with Crippen LogP contribution in [-0.4, -0.2) is 38.2 Å². The van der Waals surface area contributed by atoms with Crippen molar-refractivity contribution in [2.24, 2.45) is 0 Å². The Morgan fingerprint density at radius 3 is 2.86 bits per heavy atom. The zero-order valence-corrected chi connectivity index (χ0v) is 16.6. The van der Waals surface area contributed by atoms with Crippen LogP contribution in [0.15, 0.2) is 59.9 Å². The number of rotatable bonds is 5. The summed E-state index contributed by atoms with van der Waals surface area (Å²) < 4.78 is 7.98. The molecule has 2 aromatic carbocycles. The van der Waals surface area contributed by atoms with E-state index in [4.69, 9.17) is 4.74 Å². The molecule has 0 bridgehead atoms. The number of H-pyrrole nitrogens is 1. The van der Waals surface area contributed by atoms with Crippen molar-refractivity contribution < 1.29 is 4.74 Å². The molecule has 1 fully saturated rings. The van der Waals surface area contributed by atoms with Crippen LogP contribution in [0.4, 0.5) is 0 Å². The Kier molecular flexibility index (Phi) is 4.66. The lowest BCUT2D eigenvalue weighted by atomic mass is 10.1. The molecule has 6 heteroatoms. The Morgan fingerprint density at radius 1 is 1.14 bits per heavy atom. The van der Waals surface area contributed by atoms with E-state index in [9.17, 15) is 0 Å². The first-order valence-electron chi connectivity index (χ1n) is 9.63. The van der Waals surface area contributed by atoms with Crippen molar-refractivity contribution in [3.8, 4) is 17.1 Å². The Hall–Kier alpha value is -2.57. The predicted molar refractivity (Wildman–Crippen MR) is 113 cm³/mol. The molecule has 1 atom stereocenters. The van der Waals surface area contributed by atoms with Gasteiger partial charge in [0.25, 0.3) is 0 Å². The third-order valence-electron chi connectivity index (χ3n) is 5.24. The van der Waals surface area contributed by atoms with Gasteiger partial charge in [0.2, 0.25) is 0 Å². The molecule has 0 saturated carbocycles. The number of para-hydroxylation sites is 2. The van der Waals surface area contributed by atoms with E-state index in [1.165, 1.54) is 5.56 Å². The van der Waals surface area contributed by atoms with Crippen LogP contribution >= 0.6 is 11.8 Å². The van der Waals surface area contributed by atoms with E-state index < -0.39 is 0 Å². The Bertz CT molecular complexity index is 1110. The van der Waals surface area contributed by atoms with E-state index in [1.807, 2.05) is 12.3 Å². The van der Waals surface area contributed by atoms with Gasteiger partial charge in [0.15, 0.2) is 11.0 Å². The molecule has 0 aliphatic carbocycles. The van der Waals surface area contributed by atoms with Gasteiger partial charge in [-0.15, -0.1) is 10.2 Å². The molecule has 0 amide bonds. The highest BCUT2D eigenvalue weighted by Crippen LogP contribution is 2.34. The zero-order valence-electron chi connectivity index (χ0n) is 15.8. The maximum Gasteiger partial charge on any atom is 0.196 e. The summed E-state index contributed by atoms with van der Waals surface area (Å²) in [6.45, 7) is 3.00. The molecule has 1 aliphatic rings. The molecule has 1 saturated heterocycles. The number of aromatic amines is 1. The van der Waals surface area contributed by atoms with Crippen molar-refractivity contribution >= 4 is 22.7 Å². The van der Waals surface area contributed by atoms with E-state index in [0.717, 1.165) is 58.3 Å². The van der Waals surface area contributed by atoms with Crippen LogP contribution in [0, 0.1) is 6.92 Å². The third kappa shape index (κ3) is 3.12. The maximum absolute atomic E-state index is 5.80. The quantitative estimate of drug-likeness (QED) is 0.488. The van der Waals surface area contributed by atoms with Gasteiger partial charge >= 0.3 is 0 Å². The molecule has 1 N–H and O–H groups in total. The lowest BCUT2D eigenvalue weighted by Gasteiger charge is -2.13. The van der Waals surface area contributed by atoms with Gasteiger partial charge in [-0.2, -0.15) is 0 Å². The number of hydrogen-bond donors (Lipinski definition) is 1. The minimum Gasteiger partial charge on any atom is -0.377 e. The van der Waals surface area contributed by atoms with E-state index in [0.29, 0.717) is 6.10 Å². The highest BCUT2D eigenvalue weighted by atomic mass is 32.2. The van der Waals surface area contributed by atoms with Gasteiger partial charge in [0, 0.05) is 35.0 Å². The first-order chi connectivity index (χ1) is 13.8. The summed E-state index contributed by atoms with van der Waals surface area (Å²) in [7, 11) is 0. The summed E-state index contributed by atoms with van der Waals surface area (Å²) in [6, 6.07) is 16.7. The van der Waals surface area contributed by atoms with E-state index in [1.54, 1.807) is 11.8 Å². The monoisotopic (exact) mass is 390 g/mol. The number of benzene rings is 2. The van der Waals surface area contributed by atoms with Crippen LogP contribution < -0.4 is 0 Å². The minimum absolute atomic E-state index is 0.309. The predicted octanol–water partition coefficient (Wildman–Crippen LogP) is 5.00. The molecular weight excluding hydrogens is 368 g/mol. The summed E-state index contributed by atoms with van der Waals surface area (Å²) in [6.07, 6.45) is 4.61. The van der Waals surface area contributed by atoms with Gasteiger partial charge in [0.05, 0.1) is 11.8 Å². The minimum atomic E-state index is 0.309. The Labute approximate surface area is 168 Å². The second-order valence-corrected chi connectivity index (χ2v) is 8.11. The number of aromatic nitrogens is 4. The average Bonchev–Trinajstić information content (AvgIpc) is 3.46. The first-order valence-corrected chi connectivity index (χ1v) is 10.6. The molecule has 5 rings (SSSR count). The molecule has 5 nitrogen and oxygen atoms in total. The summed E-state index contributed by atoms with van der Waals surface area (Å²) in [5, 5.41) is 11.2. The fourth-order valence-corrected chi connectivity index (χ4v) is 4.78. The van der Waals surface area contributed by atoms with E-state index in [2.05, 4.69) is 69.1 Å². The third-order valence-corrected chi connectivity index (χ3v) is 6.30. The number of ether oxygens (including phenoxy) is 1. The van der Waals surface area contributed by atoms with Crippen molar-refractivity contribution in [1.82, 2.24) is 19.7 Å². The first kappa shape index (κ1) is 17.5. The number of nitrogens with zero attached hydrogens (tertiary/aromatic N) is 3. The van der Waals surface area contributed by atoms with Crippen LogP contribution in [0.25, 0.3) is 28.0 Å². The van der Waals surface area contributed by atoms with Gasteiger partial charge in [0.1, 0.15) is 0 Å². The number of hydrogen-bond acceptors (Lipinski definition) is 4. The molecule has 4 aromatic rings. The van der Waals surface area contributed by atoms with Gasteiger partial charge < -0.3 is 9.72 Å². The largest absolute Gasteiger partial charge is 0.377 e. The van der Waals surface area contributed by atoms with Gasteiger partial charge in [-0.05, 0) is 37.5 Å². The smallest absolute Gasteiger partial charge is 0.196 e. The van der Waals surface area contributed by atoms with Crippen molar-refractivity contribution in [2.75, 3.05) is 12.4 Å². The molecular formula is C22H22N4OS. The molecule has 0 spiro atoms. The lowest BCUT2D eigenvalue weighted by molar-refractivity contribution is 0.129. The van der Waals surface area contributed by atoms with Crippen LogP contribution in [-0.2, 0) is 4.74 Å². The van der Waals surface area contributed by atoms with Crippen LogP contribution in [0.5, 0.6) is 0 Å². The van der Waals surface area contributed by atoms with Crippen molar-refractivity contribution in [2.45, 2.75) is 31.0 Å². The fraction of sp³-hybridized carbons (Fsp3) is 0.273. The molecule has 1 aliphatic heterocycles. The summed E-state index contributed by atoms with van der Waals surface area (Å²) in [4.78, 5) is 3.36. The Morgan fingerprint density at radius 2 is 2.00 bits per heavy atom. The van der Waals surface area contributed by atoms with Crippen LogP contribution in [0.1, 0.15) is 18.4 Å². The molecule has 1 unspecified atom stereocenters. The van der Waals surface area contributed by atoms with Crippen molar-refractivity contribution in [1.29, 1.82) is 0 Å². The summed E-state index contributed by atoms with van der Waals surface area (Å²) in [5.74, 6) is 1.76. The topological polar surface area (TPSA) is 55.7 Å². The highest BCUT2D eigenvalue weighted by molar-refractivity contribution is 7.99. The molecule has 28 heavy (non-hydrogen) atoms. The SMILES string of the molecule is Cc1ccccc1-n1c(SCC2CCCO2)nnc1-c1c[nH]c2ccccc12. The Balaban J connectivity index is 1.62. The highest BCUT2D eigenvalue weighted by Gasteiger charge is 2.22. The fourth-order valence-electron chi connectivity index (χ4n) is 3.77. The normalized spacial score (nSPS) is 16.8. The molecule has 3 heterocycles. The number of aryl methyl sites for hydroxylation is 1. The molecule has 0 radical (unpaired) electrons. The maximum atomic E-state index is 5.80. The van der Waals surface area contributed by atoms with Crippen LogP contribution in [0.2, 0.25) is 0 Å². The van der Waals surface area contributed by atoms with Gasteiger partial charge in [-0.25, -0.2) is 0 Å². The number of fused-ring (bicyclic) bond motifs is 1. The van der Waals surface area contributed by atoms with Gasteiger partial charge in [-0.1, -0.05) is 48.2 Å². The number of nitrogens with one attached hydrogen (secondary N) is 1. The standard InChI is InChI=1S/C22H22N4OS/c1-15-7-2-5-11-20(15)26-21(18-13-23-19-10-4-3-9-17(18)19)24-25-22(26)28-14-16-8-6-12-27-16/h2-5,7,9-11,13,16,23H,6,8,12,14H2,1H3. The lowest BCUT2D eigenvalue weighted by Crippen LogP contribution is -2.09. The van der Waals surface area contributed by atoms with Crippen LogP contribution in [0.3, 0.4) is 0 Å². The second-order valence-electron chi connectivity index (χ2n) is 7.12. The number of thioether (sulfide) groups is 1. The molecule has 142 valence electrons. The van der Waals surface area contributed by atoms with E-state index in [-0.39, 0.29) is 0 Å². The molecule has 2 aromatic heterocycles. The second kappa shape index (κ2) is 7.45. The van der Waals surface area contributed by atoms with Crippen molar-refractivity contribution in [3.63, 3.8) is 0 Å². The summed E-state index contributed by atoms with van der Waals surface area (Å²) in [5.41, 5.74) is 4.48. The average molecular weight is 391 g/mol.